The lowest BCUT2D eigenvalue weighted by atomic mass is 10.1. The fourth-order valence-corrected chi connectivity index (χ4v) is 1.30. The highest BCUT2D eigenvalue weighted by Gasteiger charge is 2.08. The second kappa shape index (κ2) is 4.56. The average molecular weight is 208 g/mol. The van der Waals surface area contributed by atoms with Crippen LogP contribution < -0.4 is 22.0 Å². The van der Waals surface area contributed by atoms with Crippen molar-refractivity contribution in [1.82, 2.24) is 5.01 Å². The molecule has 1 aromatic carbocycles. The maximum atomic E-state index is 5.85. The minimum atomic E-state index is 0.504. The second-order valence-electron chi connectivity index (χ2n) is 3.18. The molecule has 15 heavy (non-hydrogen) atoms. The molecule has 0 fully saturated rings. The smallest absolute Gasteiger partial charge is 0.151 e. The summed E-state index contributed by atoms with van der Waals surface area (Å²) in [4.78, 5) is 0. The van der Waals surface area contributed by atoms with Crippen LogP contribution in [0.15, 0.2) is 24.4 Å². The fraction of sp³-hybridized carbons (Fsp3) is 0.200. The summed E-state index contributed by atoms with van der Waals surface area (Å²) in [5.41, 5.74) is 13.4. The molecule has 82 valence electrons. The minimum absolute atomic E-state index is 0.504. The molecule has 0 aliphatic carbocycles. The van der Waals surface area contributed by atoms with Crippen LogP contribution in [0.5, 0.6) is 5.75 Å². The van der Waals surface area contributed by atoms with Gasteiger partial charge in [-0.3, -0.25) is 0 Å². The van der Waals surface area contributed by atoms with Crippen LogP contribution in [0.3, 0.4) is 0 Å². The van der Waals surface area contributed by atoms with E-state index >= 15 is 0 Å². The van der Waals surface area contributed by atoms with Crippen LogP contribution in [0.25, 0.3) is 5.70 Å². The molecule has 0 aromatic heterocycles. The second-order valence-corrected chi connectivity index (χ2v) is 3.18. The quantitative estimate of drug-likeness (QED) is 0.378. The standard InChI is InChI=1S/C10H16N4O/c1-14(13)6-9(12)7-4-3-5-8(11)10(7)15-2/h3-6H,11-13H2,1-2H3/b9-6-. The Balaban J connectivity index is 3.19. The van der Waals surface area contributed by atoms with Crippen LogP contribution in [0.4, 0.5) is 5.69 Å². The first kappa shape index (κ1) is 11.2. The van der Waals surface area contributed by atoms with Crippen LogP contribution in [0.1, 0.15) is 5.56 Å². The molecular formula is C10H16N4O. The zero-order chi connectivity index (χ0) is 11.4. The highest BCUT2D eigenvalue weighted by atomic mass is 16.5. The zero-order valence-corrected chi connectivity index (χ0v) is 8.90. The largest absolute Gasteiger partial charge is 0.494 e. The highest BCUT2D eigenvalue weighted by Crippen LogP contribution is 2.29. The van der Waals surface area contributed by atoms with E-state index in [-0.39, 0.29) is 0 Å². The number of hydrogen-bond donors (Lipinski definition) is 3. The number of anilines is 1. The number of para-hydroxylation sites is 1. The van der Waals surface area contributed by atoms with E-state index < -0.39 is 0 Å². The molecule has 0 aliphatic rings. The number of ether oxygens (including phenoxy) is 1. The van der Waals surface area contributed by atoms with Gasteiger partial charge in [0.2, 0.25) is 0 Å². The third kappa shape index (κ3) is 2.54. The van der Waals surface area contributed by atoms with Gasteiger partial charge in [0.15, 0.2) is 5.75 Å². The van der Waals surface area contributed by atoms with Crippen LogP contribution >= 0.6 is 0 Å². The van der Waals surface area contributed by atoms with Gasteiger partial charge in [0.25, 0.3) is 0 Å². The van der Waals surface area contributed by atoms with E-state index in [4.69, 9.17) is 22.0 Å². The van der Waals surface area contributed by atoms with Crippen LogP contribution in [-0.4, -0.2) is 19.2 Å². The van der Waals surface area contributed by atoms with Crippen molar-refractivity contribution >= 4 is 11.4 Å². The first-order valence-corrected chi connectivity index (χ1v) is 4.44. The van der Waals surface area contributed by atoms with E-state index in [0.717, 1.165) is 5.56 Å². The van der Waals surface area contributed by atoms with Gasteiger partial charge >= 0.3 is 0 Å². The molecule has 0 bridgehead atoms. The summed E-state index contributed by atoms with van der Waals surface area (Å²) in [7, 11) is 3.24. The maximum absolute atomic E-state index is 5.85. The average Bonchev–Trinajstić information content (AvgIpc) is 2.16. The van der Waals surface area contributed by atoms with Crippen LogP contribution in [-0.2, 0) is 0 Å². The van der Waals surface area contributed by atoms with Gasteiger partial charge in [0, 0.05) is 18.8 Å². The Labute approximate surface area is 89.1 Å². The first-order valence-electron chi connectivity index (χ1n) is 4.44. The molecular weight excluding hydrogens is 192 g/mol. The van der Waals surface area contributed by atoms with E-state index in [0.29, 0.717) is 17.1 Å². The molecule has 0 heterocycles. The Morgan fingerprint density at radius 1 is 1.47 bits per heavy atom. The van der Waals surface area contributed by atoms with Crippen LogP contribution in [0, 0.1) is 0 Å². The highest BCUT2D eigenvalue weighted by molar-refractivity contribution is 5.73. The Hall–Kier alpha value is -1.88. The van der Waals surface area contributed by atoms with Gasteiger partial charge in [-0.1, -0.05) is 6.07 Å². The molecule has 0 radical (unpaired) electrons. The lowest BCUT2D eigenvalue weighted by Crippen LogP contribution is -2.20. The molecule has 0 spiro atoms. The van der Waals surface area contributed by atoms with Gasteiger partial charge in [-0.2, -0.15) is 0 Å². The normalized spacial score (nSPS) is 11.3. The molecule has 0 unspecified atom stereocenters. The van der Waals surface area contributed by atoms with Crippen molar-refractivity contribution in [2.24, 2.45) is 11.6 Å². The van der Waals surface area contributed by atoms with E-state index in [1.807, 2.05) is 12.1 Å². The van der Waals surface area contributed by atoms with Gasteiger partial charge in [0.05, 0.1) is 18.5 Å². The van der Waals surface area contributed by atoms with Gasteiger partial charge in [-0.25, -0.2) is 5.84 Å². The number of nitrogen functional groups attached to an aromatic ring is 1. The van der Waals surface area contributed by atoms with Gasteiger partial charge in [0.1, 0.15) is 0 Å². The molecule has 5 nitrogen and oxygen atoms in total. The number of hydrogen-bond acceptors (Lipinski definition) is 5. The molecule has 1 rings (SSSR count). The lowest BCUT2D eigenvalue weighted by molar-refractivity contribution is 0.415. The zero-order valence-electron chi connectivity index (χ0n) is 8.90. The maximum Gasteiger partial charge on any atom is 0.151 e. The first-order chi connectivity index (χ1) is 7.06. The molecule has 1 aromatic rings. The number of hydrazine groups is 1. The third-order valence-electron chi connectivity index (χ3n) is 1.90. The van der Waals surface area contributed by atoms with Crippen molar-refractivity contribution in [3.8, 4) is 5.75 Å². The molecule has 6 N–H and O–H groups in total. The molecule has 0 saturated carbocycles. The monoisotopic (exact) mass is 208 g/mol. The molecule has 0 atom stereocenters. The van der Waals surface area contributed by atoms with E-state index in [2.05, 4.69) is 0 Å². The summed E-state index contributed by atoms with van der Waals surface area (Å²) in [5, 5.41) is 1.37. The van der Waals surface area contributed by atoms with Crippen molar-refractivity contribution in [1.29, 1.82) is 0 Å². The number of benzene rings is 1. The Kier molecular flexibility index (Phi) is 3.41. The fourth-order valence-electron chi connectivity index (χ4n) is 1.30. The number of nitrogens with zero attached hydrogens (tertiary/aromatic N) is 1. The van der Waals surface area contributed by atoms with Crippen molar-refractivity contribution in [3.05, 3.63) is 30.0 Å². The van der Waals surface area contributed by atoms with Gasteiger partial charge in [-0.15, -0.1) is 0 Å². The number of nitrogens with two attached hydrogens (primary N) is 3. The molecule has 5 heteroatoms. The van der Waals surface area contributed by atoms with Crippen molar-refractivity contribution in [2.45, 2.75) is 0 Å². The van der Waals surface area contributed by atoms with E-state index in [1.165, 1.54) is 5.01 Å². The van der Waals surface area contributed by atoms with Gasteiger partial charge in [-0.05, 0) is 12.1 Å². The SMILES string of the molecule is COc1c(N)cccc1/C(N)=C/N(C)N. The summed E-state index contributed by atoms with van der Waals surface area (Å²) in [6.45, 7) is 0. The summed E-state index contributed by atoms with van der Waals surface area (Å²) >= 11 is 0. The Bertz CT molecular complexity index is 374. The van der Waals surface area contributed by atoms with E-state index in [1.54, 1.807) is 26.4 Å². The minimum Gasteiger partial charge on any atom is -0.494 e. The predicted octanol–water partition coefficient (Wildman–Crippen LogP) is 0.340. The topological polar surface area (TPSA) is 90.5 Å². The predicted molar refractivity (Wildman–Crippen MR) is 61.5 cm³/mol. The van der Waals surface area contributed by atoms with E-state index in [9.17, 15) is 0 Å². The molecule has 0 saturated heterocycles. The Morgan fingerprint density at radius 2 is 2.13 bits per heavy atom. The van der Waals surface area contributed by atoms with Gasteiger partial charge < -0.3 is 21.2 Å². The lowest BCUT2D eigenvalue weighted by Gasteiger charge is -2.13. The third-order valence-corrected chi connectivity index (χ3v) is 1.90. The van der Waals surface area contributed by atoms with Crippen LogP contribution in [0.2, 0.25) is 0 Å². The summed E-state index contributed by atoms with van der Waals surface area (Å²) < 4.78 is 5.17. The molecule has 0 amide bonds. The van der Waals surface area contributed by atoms with Crippen molar-refractivity contribution < 1.29 is 4.74 Å². The number of methoxy groups -OCH3 is 1. The van der Waals surface area contributed by atoms with Crippen molar-refractivity contribution in [2.75, 3.05) is 19.9 Å². The number of rotatable bonds is 3. The van der Waals surface area contributed by atoms with Crippen molar-refractivity contribution in [3.63, 3.8) is 0 Å². The summed E-state index contributed by atoms with van der Waals surface area (Å²) in [5.74, 6) is 6.03. The summed E-state index contributed by atoms with van der Waals surface area (Å²) in [6.07, 6.45) is 1.59. The molecule has 0 aliphatic heterocycles. The Morgan fingerprint density at radius 3 is 2.67 bits per heavy atom. The summed E-state index contributed by atoms with van der Waals surface area (Å²) in [6, 6.07) is 5.39.